The van der Waals surface area contributed by atoms with Crippen molar-refractivity contribution >= 4 is 46.6 Å². The van der Waals surface area contributed by atoms with E-state index >= 15 is 0 Å². The number of hydrogen-bond donors (Lipinski definition) is 3. The predicted molar refractivity (Wildman–Crippen MR) is 111 cm³/mol. The van der Waals surface area contributed by atoms with Gasteiger partial charge in [0.2, 0.25) is 0 Å². The smallest absolute Gasteiger partial charge is 0.352 e. The van der Waals surface area contributed by atoms with E-state index in [0.29, 0.717) is 21.3 Å². The third-order valence-corrected chi connectivity index (χ3v) is 5.03. The van der Waals surface area contributed by atoms with Crippen LogP contribution in [0.25, 0.3) is 0 Å². The molecule has 0 spiro atoms. The van der Waals surface area contributed by atoms with Gasteiger partial charge in [-0.3, -0.25) is 4.79 Å². The summed E-state index contributed by atoms with van der Waals surface area (Å²) < 4.78 is 1.53. The van der Waals surface area contributed by atoms with Gasteiger partial charge in [-0.2, -0.15) is 5.10 Å². The predicted octanol–water partition coefficient (Wildman–Crippen LogP) is 4.43. The van der Waals surface area contributed by atoms with Gasteiger partial charge in [0, 0.05) is 15.7 Å². The number of carboxylic acids is 1. The van der Waals surface area contributed by atoms with E-state index in [9.17, 15) is 14.7 Å². The Bertz CT molecular complexity index is 1140. The van der Waals surface area contributed by atoms with Crippen molar-refractivity contribution in [2.75, 3.05) is 10.6 Å². The molecule has 0 aliphatic carbocycles. The van der Waals surface area contributed by atoms with Gasteiger partial charge in [-0.25, -0.2) is 9.48 Å². The van der Waals surface area contributed by atoms with Gasteiger partial charge < -0.3 is 15.7 Å². The molecule has 7 nitrogen and oxygen atoms in total. The monoisotopic (exact) mass is 428 g/mol. The molecule has 1 aliphatic rings. The molecule has 1 unspecified atom stereocenters. The van der Waals surface area contributed by atoms with Crippen LogP contribution in [0.15, 0.2) is 66.5 Å². The number of anilines is 2. The molecule has 0 fully saturated rings. The zero-order valence-corrected chi connectivity index (χ0v) is 16.3. The van der Waals surface area contributed by atoms with Gasteiger partial charge >= 0.3 is 5.97 Å². The Morgan fingerprint density at radius 3 is 2.52 bits per heavy atom. The number of benzene rings is 2. The summed E-state index contributed by atoms with van der Waals surface area (Å²) in [5, 5.41) is 20.4. The van der Waals surface area contributed by atoms with Crippen LogP contribution in [-0.2, 0) is 4.79 Å². The maximum Gasteiger partial charge on any atom is 0.352 e. The molecule has 2 heterocycles. The number of fused-ring (bicyclic) bond motifs is 1. The fraction of sp³-hybridized carbons (Fsp3) is 0.0500. The summed E-state index contributed by atoms with van der Waals surface area (Å²) in [5.74, 6) is -1.33. The molecule has 29 heavy (non-hydrogen) atoms. The highest BCUT2D eigenvalue weighted by molar-refractivity contribution is 6.31. The van der Waals surface area contributed by atoms with Crippen LogP contribution in [0, 0.1) is 0 Å². The molecule has 4 rings (SSSR count). The normalized spacial score (nSPS) is 15.1. The summed E-state index contributed by atoms with van der Waals surface area (Å²) in [4.78, 5) is 24.4. The summed E-state index contributed by atoms with van der Waals surface area (Å²) in [6.45, 7) is 0. The number of nitrogens with zero attached hydrogens (tertiary/aromatic N) is 2. The third-order valence-electron chi connectivity index (χ3n) is 4.44. The van der Waals surface area contributed by atoms with Crippen molar-refractivity contribution in [3.05, 3.63) is 87.7 Å². The minimum absolute atomic E-state index is 0.0662. The van der Waals surface area contributed by atoms with E-state index in [1.165, 1.54) is 17.0 Å². The summed E-state index contributed by atoms with van der Waals surface area (Å²) in [5.41, 5.74) is 1.35. The fourth-order valence-electron chi connectivity index (χ4n) is 3.05. The quantitative estimate of drug-likeness (QED) is 0.571. The van der Waals surface area contributed by atoms with E-state index in [2.05, 4.69) is 15.7 Å². The van der Waals surface area contributed by atoms with Crippen molar-refractivity contribution in [2.24, 2.45) is 0 Å². The lowest BCUT2D eigenvalue weighted by Crippen LogP contribution is -2.25. The summed E-state index contributed by atoms with van der Waals surface area (Å²) in [6, 6.07) is 13.1. The van der Waals surface area contributed by atoms with Gasteiger partial charge in [0.1, 0.15) is 23.1 Å². The molecular formula is C20H14Cl2N4O3. The van der Waals surface area contributed by atoms with E-state index in [4.69, 9.17) is 23.2 Å². The van der Waals surface area contributed by atoms with Crippen LogP contribution in [-0.4, -0.2) is 26.8 Å². The molecule has 146 valence electrons. The van der Waals surface area contributed by atoms with E-state index in [1.807, 2.05) is 0 Å². The van der Waals surface area contributed by atoms with E-state index in [-0.39, 0.29) is 17.1 Å². The lowest BCUT2D eigenvalue weighted by Gasteiger charge is -2.25. The molecule has 2 aromatic carbocycles. The summed E-state index contributed by atoms with van der Waals surface area (Å²) in [6.07, 6.45) is 2.89. The van der Waals surface area contributed by atoms with Crippen LogP contribution in [0.1, 0.15) is 22.0 Å². The average molecular weight is 429 g/mol. The Hall–Kier alpha value is -3.29. The Kier molecular flexibility index (Phi) is 5.00. The second kappa shape index (κ2) is 7.62. The van der Waals surface area contributed by atoms with Gasteiger partial charge in [-0.1, -0.05) is 41.4 Å². The number of carbonyl (C=O) groups is 2. The van der Waals surface area contributed by atoms with Gasteiger partial charge in [0.15, 0.2) is 0 Å². The molecule has 0 radical (unpaired) electrons. The van der Waals surface area contributed by atoms with Gasteiger partial charge in [-0.15, -0.1) is 0 Å². The van der Waals surface area contributed by atoms with Crippen LogP contribution in [0.2, 0.25) is 10.0 Å². The lowest BCUT2D eigenvalue weighted by atomic mass is 10.0. The summed E-state index contributed by atoms with van der Waals surface area (Å²) >= 11 is 12.2. The van der Waals surface area contributed by atoms with Crippen LogP contribution in [0.5, 0.6) is 0 Å². The molecule has 1 aromatic heterocycles. The molecule has 9 heteroatoms. The molecule has 3 N–H and O–H groups in total. The van der Waals surface area contributed by atoms with Gasteiger partial charge in [0.05, 0.1) is 6.20 Å². The molecule has 0 saturated carbocycles. The van der Waals surface area contributed by atoms with Crippen molar-refractivity contribution < 1.29 is 14.7 Å². The highest BCUT2D eigenvalue weighted by Crippen LogP contribution is 2.35. The molecular weight excluding hydrogens is 415 g/mol. The number of halogens is 2. The van der Waals surface area contributed by atoms with E-state index < -0.39 is 17.9 Å². The standard InChI is InChI=1S/C20H14Cl2N4O3/c21-11-5-7-12(8-6-11)24-19(27)14-10-23-26-17(13-3-1-2-4-15(13)22)9-16(20(28)29)25-18(14)26/h1-10,17,25H,(H,24,27)(H,28,29). The van der Waals surface area contributed by atoms with Crippen LogP contribution >= 0.6 is 23.2 Å². The average Bonchev–Trinajstić information content (AvgIpc) is 3.13. The highest BCUT2D eigenvalue weighted by atomic mass is 35.5. The second-order valence-electron chi connectivity index (χ2n) is 6.29. The van der Waals surface area contributed by atoms with Crippen molar-refractivity contribution in [3.63, 3.8) is 0 Å². The number of carbonyl (C=O) groups excluding carboxylic acids is 1. The zero-order valence-electron chi connectivity index (χ0n) is 14.8. The number of aliphatic carboxylic acids is 1. The van der Waals surface area contributed by atoms with Gasteiger partial charge in [0.25, 0.3) is 5.91 Å². The molecule has 1 atom stereocenters. The topological polar surface area (TPSA) is 96.2 Å². The Morgan fingerprint density at radius 2 is 1.83 bits per heavy atom. The number of allylic oxidation sites excluding steroid dienone is 1. The SMILES string of the molecule is O=C(O)C1=CC(c2ccccc2Cl)n2ncc(C(=O)Nc3ccc(Cl)cc3)c2N1. The van der Waals surface area contributed by atoms with Crippen LogP contribution in [0.3, 0.4) is 0 Å². The Labute approximate surface area is 175 Å². The molecule has 0 saturated heterocycles. The van der Waals surface area contributed by atoms with E-state index in [1.54, 1.807) is 48.5 Å². The van der Waals surface area contributed by atoms with Crippen molar-refractivity contribution in [3.8, 4) is 0 Å². The number of amides is 1. The molecule has 1 aliphatic heterocycles. The first kappa shape index (κ1) is 19.0. The zero-order chi connectivity index (χ0) is 20.5. The van der Waals surface area contributed by atoms with E-state index in [0.717, 1.165) is 0 Å². The van der Waals surface area contributed by atoms with Crippen molar-refractivity contribution in [2.45, 2.75) is 6.04 Å². The van der Waals surface area contributed by atoms with Crippen molar-refractivity contribution in [1.29, 1.82) is 0 Å². The third kappa shape index (κ3) is 3.70. The molecule has 3 aromatic rings. The molecule has 1 amide bonds. The van der Waals surface area contributed by atoms with Gasteiger partial charge in [-0.05, 0) is 42.0 Å². The fourth-order valence-corrected chi connectivity index (χ4v) is 3.43. The Balaban J connectivity index is 1.73. The first-order chi connectivity index (χ1) is 13.9. The number of carboxylic acid groups (broad SMARTS) is 1. The minimum atomic E-state index is -1.15. The minimum Gasteiger partial charge on any atom is -0.477 e. The lowest BCUT2D eigenvalue weighted by molar-refractivity contribution is -0.132. The van der Waals surface area contributed by atoms with Crippen LogP contribution in [0.4, 0.5) is 11.5 Å². The maximum absolute atomic E-state index is 12.8. The van der Waals surface area contributed by atoms with Crippen molar-refractivity contribution in [1.82, 2.24) is 9.78 Å². The first-order valence-corrected chi connectivity index (χ1v) is 9.30. The number of rotatable bonds is 4. The first-order valence-electron chi connectivity index (χ1n) is 8.55. The summed E-state index contributed by atoms with van der Waals surface area (Å²) in [7, 11) is 0. The Morgan fingerprint density at radius 1 is 1.10 bits per heavy atom. The van der Waals surface area contributed by atoms with Crippen LogP contribution < -0.4 is 10.6 Å². The maximum atomic E-state index is 12.8. The number of hydrogen-bond acceptors (Lipinski definition) is 4. The number of nitrogens with one attached hydrogen (secondary N) is 2. The largest absolute Gasteiger partial charge is 0.477 e. The highest BCUT2D eigenvalue weighted by Gasteiger charge is 2.30. The number of aromatic nitrogens is 2. The molecule has 0 bridgehead atoms. The second-order valence-corrected chi connectivity index (χ2v) is 7.13.